The number of unbranched alkanes of at least 4 members (excludes halogenated alkanes) is 2. The van der Waals surface area contributed by atoms with E-state index in [0.29, 0.717) is 217 Å². The molecular weight excluding hydrogens is 1870 g/mol. The average molecular weight is 2070 g/mol. The largest absolute Gasteiger partial charge is 0.493 e. The minimum Gasteiger partial charge on any atom is -0.493 e. The van der Waals surface area contributed by atoms with Gasteiger partial charge in [-0.25, -0.2) is 28.8 Å². The summed E-state index contributed by atoms with van der Waals surface area (Å²) in [5, 5.41) is 0. The molecule has 0 amide bonds. The van der Waals surface area contributed by atoms with Gasteiger partial charge in [-0.15, -0.1) is 0 Å². The third kappa shape index (κ3) is 48.2. The van der Waals surface area contributed by atoms with Crippen molar-refractivity contribution in [1.29, 1.82) is 0 Å². The predicted octanol–water partition coefficient (Wildman–Crippen LogP) is 23.0. The number of rotatable bonds is 64. The molecule has 0 saturated carbocycles. The molecule has 0 aliphatic rings. The van der Waals surface area contributed by atoms with Crippen LogP contribution in [0.5, 0.6) is 34.5 Å². The van der Waals surface area contributed by atoms with Gasteiger partial charge in [0.25, 0.3) is 0 Å². The molecular formula is C118H200N12O18. The van der Waals surface area contributed by atoms with Gasteiger partial charge < -0.3 is 96.1 Å². The fourth-order valence-corrected chi connectivity index (χ4v) is 16.7. The molecule has 0 aromatic heterocycles. The first-order chi connectivity index (χ1) is 70.8. The molecule has 6 aromatic rings. The molecule has 6 rings (SSSR count). The van der Waals surface area contributed by atoms with Crippen LogP contribution >= 0.6 is 0 Å². The van der Waals surface area contributed by atoms with Crippen molar-refractivity contribution in [2.75, 3.05) is 193 Å². The third-order valence-corrected chi connectivity index (χ3v) is 27.6. The molecule has 0 spiro atoms. The minimum absolute atomic E-state index is 0.192. The highest BCUT2D eigenvalue weighted by atomic mass is 16.6. The molecule has 6 aromatic carbocycles. The quantitative estimate of drug-likeness (QED) is 0.00894. The maximum atomic E-state index is 12.6. The van der Waals surface area contributed by atoms with E-state index in [-0.39, 0.29) is 72.1 Å². The lowest BCUT2D eigenvalue weighted by Gasteiger charge is -2.33. The predicted molar refractivity (Wildman–Crippen MR) is 609 cm³/mol. The number of likely N-dealkylation sites (N-methyl/N-ethyl adjacent to an activating group) is 6. The molecule has 0 saturated heterocycles. The lowest BCUT2D eigenvalue weighted by atomic mass is 9.98. The fourth-order valence-electron chi connectivity index (χ4n) is 16.7. The lowest BCUT2D eigenvalue weighted by molar-refractivity contribution is 0.0262. The molecule has 12 N–H and O–H groups in total. The van der Waals surface area contributed by atoms with Gasteiger partial charge in [0.05, 0.1) is 73.4 Å². The Labute approximate surface area is 893 Å². The van der Waals surface area contributed by atoms with E-state index in [4.69, 9.17) is 91.2 Å². The van der Waals surface area contributed by atoms with Crippen LogP contribution in [0.15, 0.2) is 109 Å². The van der Waals surface area contributed by atoms with Crippen LogP contribution in [0.25, 0.3) is 0 Å². The van der Waals surface area contributed by atoms with Gasteiger partial charge >= 0.3 is 35.8 Å². The van der Waals surface area contributed by atoms with E-state index in [2.05, 4.69) is 196 Å². The molecule has 6 unspecified atom stereocenters. The van der Waals surface area contributed by atoms with Crippen molar-refractivity contribution in [2.45, 2.75) is 307 Å². The van der Waals surface area contributed by atoms with Crippen molar-refractivity contribution in [3.05, 3.63) is 143 Å². The van der Waals surface area contributed by atoms with Crippen molar-refractivity contribution in [2.24, 2.45) is 35.5 Å². The number of hydrogen-bond acceptors (Lipinski definition) is 30. The Morgan fingerprint density at radius 2 is 0.453 bits per heavy atom. The standard InChI is InChI=1S/C21H36N2O3.2C20H34N2O3.3C19H32N2O3/c1-6-10-13-25-20-14-17(11-12-18(20)22)21(24)26-15-19(16(5)7-2)23(8-3)9-4;1-6-12-24-19-13-16(21)10-11-17(19)20(23)25-14-18(15(5)7-2)22(8-3)9-4;1-6-12-24-19-13-16(10-11-17(19)21)20(23)25-14-18(15(5)7-2)22(8-3)9-4;1-6-8-11-23-18-12-15(20)9-10-16(18)19(22)24-13-17(21(4)5)14(3)7-2;1-6-14(5)17(21(7-2)8-3)13-24-19(22)16-11-10-15(20)12-18(16)23-9-4;1-6-14(5)17(21(7-2)8-3)13-24-19(22)15-10-11-16(20)18(12-15)23-9-4/h11-12,14,16,19H,6-10,13,15,22H2,1-5H3;2*10-11,13,15,18H,6-9,12,14,21H2,1-5H3;9-10,12,14,17H,6-8,11,13,20H2,1-5H3;2*10-12,14,17H,6-9,13,20H2,1-5H3/t16?,19-;2*15?,18-;3*14?,17-/m111111/s1. The van der Waals surface area contributed by atoms with Gasteiger partial charge in [-0.05, 0) is 246 Å². The van der Waals surface area contributed by atoms with Crippen LogP contribution in [-0.4, -0.2) is 260 Å². The van der Waals surface area contributed by atoms with Gasteiger partial charge in [0.2, 0.25) is 0 Å². The van der Waals surface area contributed by atoms with Gasteiger partial charge in [-0.3, -0.25) is 24.5 Å². The van der Waals surface area contributed by atoms with Gasteiger partial charge in [-0.1, -0.05) is 231 Å². The van der Waals surface area contributed by atoms with E-state index in [0.717, 1.165) is 142 Å². The van der Waals surface area contributed by atoms with Crippen molar-refractivity contribution in [3.8, 4) is 34.5 Å². The maximum Gasteiger partial charge on any atom is 0.341 e. The van der Waals surface area contributed by atoms with Crippen LogP contribution in [0.4, 0.5) is 34.1 Å². The Hall–Kier alpha value is -10.5. The van der Waals surface area contributed by atoms with Crippen LogP contribution in [-0.2, 0) is 28.4 Å². The number of carbonyl (C=O) groups is 6. The Morgan fingerprint density at radius 1 is 0.243 bits per heavy atom. The molecule has 0 bridgehead atoms. The summed E-state index contributed by atoms with van der Waals surface area (Å²) in [6.07, 6.45) is 12.0. The molecule has 0 fully saturated rings. The highest BCUT2D eigenvalue weighted by Gasteiger charge is 2.32. The smallest absolute Gasteiger partial charge is 0.341 e. The van der Waals surface area contributed by atoms with E-state index in [9.17, 15) is 28.8 Å². The molecule has 0 aliphatic heterocycles. The topological polar surface area (TPSA) is 389 Å². The zero-order chi connectivity index (χ0) is 112. The normalized spacial score (nSPS) is 13.5. The number of benzene rings is 6. The zero-order valence-electron chi connectivity index (χ0n) is 96.9. The first kappa shape index (κ1) is 136. The number of esters is 6. The molecule has 12 atom stereocenters. The van der Waals surface area contributed by atoms with E-state index < -0.39 is 0 Å². The molecule has 30 nitrogen and oxygen atoms in total. The summed E-state index contributed by atoms with van der Waals surface area (Å²) >= 11 is 0. The number of ether oxygens (including phenoxy) is 12. The number of nitrogens with two attached hydrogens (primary N) is 6. The van der Waals surface area contributed by atoms with Crippen molar-refractivity contribution < 1.29 is 85.6 Å². The Kier molecular flexibility index (Phi) is 71.2. The second-order valence-electron chi connectivity index (χ2n) is 37.9. The van der Waals surface area contributed by atoms with E-state index in [1.807, 2.05) is 41.8 Å². The zero-order valence-corrected chi connectivity index (χ0v) is 96.9. The summed E-state index contributed by atoms with van der Waals surface area (Å²) in [5.41, 5.74) is 41.1. The summed E-state index contributed by atoms with van der Waals surface area (Å²) in [4.78, 5) is 88.8. The van der Waals surface area contributed by atoms with Crippen LogP contribution < -0.4 is 62.8 Å². The van der Waals surface area contributed by atoms with Gasteiger partial charge in [0, 0.05) is 71.5 Å². The number of carbonyl (C=O) groups excluding carboxylic acids is 6. The van der Waals surface area contributed by atoms with Crippen LogP contribution in [0, 0.1) is 35.5 Å². The molecule has 840 valence electrons. The molecule has 148 heavy (non-hydrogen) atoms. The van der Waals surface area contributed by atoms with Crippen LogP contribution in [0.3, 0.4) is 0 Å². The molecule has 0 aliphatic carbocycles. The van der Waals surface area contributed by atoms with Gasteiger partial charge in [-0.2, -0.15) is 0 Å². The van der Waals surface area contributed by atoms with E-state index in [1.54, 1.807) is 109 Å². The Morgan fingerprint density at radius 3 is 0.682 bits per heavy atom. The Balaban J connectivity index is 0.000000888. The maximum absolute atomic E-state index is 12.6. The first-order valence-electron chi connectivity index (χ1n) is 55.3. The van der Waals surface area contributed by atoms with E-state index >= 15 is 0 Å². The molecule has 0 radical (unpaired) electrons. The summed E-state index contributed by atoms with van der Waals surface area (Å²) in [7, 11) is 4.01. The fraction of sp³-hybridized carbons (Fsp3) is 0.644. The average Bonchev–Trinajstić information content (AvgIpc) is 0.860. The number of hydrogen-bond donors (Lipinski definition) is 6. The number of nitrogen functional groups attached to an aromatic ring is 6. The van der Waals surface area contributed by atoms with Crippen molar-refractivity contribution in [1.82, 2.24) is 29.4 Å². The number of anilines is 6. The summed E-state index contributed by atoms with van der Waals surface area (Å²) < 4.78 is 67.3. The Bertz CT molecular complexity index is 4620. The SMILES string of the molecule is CCCCOc1cc(C(=O)OC[C@H](C(C)CC)N(CC)CC)ccc1N.CCCCOc1cc(N)ccc1C(=O)OC[C@H](C(C)CC)N(C)C.CCCOc1cc(C(=O)OC[C@H](C(C)CC)N(CC)CC)ccc1N.CCCOc1cc(N)ccc1C(=O)OC[C@H](C(C)CC)N(CC)CC.CCOc1cc(C(=O)OC[C@H](C(C)CC)N(CC)CC)ccc1N.CCOc1cc(N)ccc1C(=O)OC[C@H](C(C)CC)N(CC)CC. The molecule has 30 heteroatoms. The van der Waals surface area contributed by atoms with Crippen LogP contribution in [0.2, 0.25) is 0 Å². The second-order valence-corrected chi connectivity index (χ2v) is 37.9. The van der Waals surface area contributed by atoms with Crippen LogP contribution in [0.1, 0.15) is 333 Å². The highest BCUT2D eigenvalue weighted by molar-refractivity contribution is 5.95. The highest BCUT2D eigenvalue weighted by Crippen LogP contribution is 2.33. The van der Waals surface area contributed by atoms with Crippen molar-refractivity contribution in [3.63, 3.8) is 0 Å². The molecule has 0 heterocycles. The summed E-state index contributed by atoms with van der Waals surface area (Å²) in [5.74, 6) is 3.74. The second kappa shape index (κ2) is 77.8. The van der Waals surface area contributed by atoms with Crippen molar-refractivity contribution >= 4 is 69.9 Å². The summed E-state index contributed by atoms with van der Waals surface area (Å²) in [6.45, 7) is 74.5. The van der Waals surface area contributed by atoms with E-state index in [1.165, 1.54) is 0 Å². The van der Waals surface area contributed by atoms with Gasteiger partial charge in [0.15, 0.2) is 0 Å². The first-order valence-corrected chi connectivity index (χ1v) is 55.3. The summed E-state index contributed by atoms with van der Waals surface area (Å²) in [6, 6.07) is 31.6. The monoisotopic (exact) mass is 2070 g/mol. The van der Waals surface area contributed by atoms with Gasteiger partial charge in [0.1, 0.15) is 90.8 Å². The third-order valence-electron chi connectivity index (χ3n) is 27.6. The lowest BCUT2D eigenvalue weighted by Crippen LogP contribution is -2.43. The minimum atomic E-state index is -0.364. The number of nitrogens with zero attached hydrogens (tertiary/aromatic N) is 6.